The number of carbonyl (C=O) groups excluding carboxylic acids is 2. The van der Waals surface area contributed by atoms with Crippen molar-refractivity contribution in [3.63, 3.8) is 0 Å². The smallest absolute Gasteiger partial charge is 0.316 e. The van der Waals surface area contributed by atoms with Gasteiger partial charge in [0, 0.05) is 27.1 Å². The largest absolute Gasteiger partial charge is 0.351 e. The predicted molar refractivity (Wildman–Crippen MR) is 119 cm³/mol. The quantitative estimate of drug-likeness (QED) is 0.417. The van der Waals surface area contributed by atoms with Gasteiger partial charge in [-0.15, -0.1) is 0 Å². The molecule has 3 aromatic rings. The third kappa shape index (κ3) is 5.58. The van der Waals surface area contributed by atoms with Crippen LogP contribution in [0.3, 0.4) is 0 Å². The second-order valence-electron chi connectivity index (χ2n) is 6.16. The highest BCUT2D eigenvalue weighted by molar-refractivity contribution is 9.10. The van der Waals surface area contributed by atoms with Gasteiger partial charge in [0.1, 0.15) is 0 Å². The second kappa shape index (κ2) is 8.97. The molecule has 3 amide bonds. The van der Waals surface area contributed by atoms with Crippen LogP contribution in [-0.4, -0.2) is 20.4 Å². The van der Waals surface area contributed by atoms with E-state index in [1.807, 2.05) is 0 Å². The van der Waals surface area contributed by atoms with Crippen molar-refractivity contribution in [1.82, 2.24) is 0 Å². The number of urea groups is 1. The molecule has 0 aromatic heterocycles. The maximum absolute atomic E-state index is 12.5. The highest BCUT2D eigenvalue weighted by atomic mass is 79.9. The molecule has 0 saturated carbocycles. The molecular weight excluding hydrogens is 472 g/mol. The Kier molecular flexibility index (Phi) is 6.38. The minimum absolute atomic E-state index is 0.102. The van der Waals surface area contributed by atoms with Crippen molar-refractivity contribution in [2.45, 2.75) is 4.90 Å². The molecule has 10 heteroatoms. The first-order valence-corrected chi connectivity index (χ1v) is 10.9. The zero-order valence-corrected chi connectivity index (χ0v) is 17.8. The summed E-state index contributed by atoms with van der Waals surface area (Å²) in [6, 6.07) is 18.0. The van der Waals surface area contributed by atoms with Gasteiger partial charge in [0.05, 0.1) is 4.90 Å². The van der Waals surface area contributed by atoms with E-state index in [1.54, 1.807) is 54.6 Å². The number of anilines is 3. The molecule has 0 radical (unpaired) electrons. The highest BCUT2D eigenvalue weighted by Gasteiger charge is 2.15. The average Bonchev–Trinajstić information content (AvgIpc) is 2.69. The molecule has 0 saturated heterocycles. The Labute approximate surface area is 181 Å². The Hall–Kier alpha value is -3.37. The lowest BCUT2D eigenvalue weighted by Gasteiger charge is -2.10. The number of carbonyl (C=O) groups is 2. The monoisotopic (exact) mass is 488 g/mol. The van der Waals surface area contributed by atoms with Crippen molar-refractivity contribution in [1.29, 1.82) is 0 Å². The van der Waals surface area contributed by atoms with Gasteiger partial charge >= 0.3 is 6.03 Å². The molecule has 30 heavy (non-hydrogen) atoms. The molecule has 0 bridgehead atoms. The van der Waals surface area contributed by atoms with E-state index in [2.05, 4.69) is 31.3 Å². The van der Waals surface area contributed by atoms with E-state index in [4.69, 9.17) is 5.73 Å². The Balaban J connectivity index is 1.72. The summed E-state index contributed by atoms with van der Waals surface area (Å²) in [6.45, 7) is 0. The van der Waals surface area contributed by atoms with Gasteiger partial charge in [0.15, 0.2) is 0 Å². The van der Waals surface area contributed by atoms with Crippen molar-refractivity contribution in [3.8, 4) is 0 Å². The molecule has 0 fully saturated rings. The molecule has 8 nitrogen and oxygen atoms in total. The van der Waals surface area contributed by atoms with Crippen LogP contribution in [0.25, 0.3) is 0 Å². The molecule has 0 atom stereocenters. The van der Waals surface area contributed by atoms with E-state index in [-0.39, 0.29) is 16.1 Å². The summed E-state index contributed by atoms with van der Waals surface area (Å²) in [6.07, 6.45) is 0. The number of benzene rings is 3. The number of primary amides is 1. The molecular formula is C20H17BrN4O4S. The van der Waals surface area contributed by atoms with Crippen molar-refractivity contribution >= 4 is 55.0 Å². The van der Waals surface area contributed by atoms with Gasteiger partial charge < -0.3 is 16.4 Å². The maximum atomic E-state index is 12.5. The van der Waals surface area contributed by atoms with Crippen LogP contribution in [0.2, 0.25) is 0 Å². The molecule has 3 aromatic carbocycles. The van der Waals surface area contributed by atoms with Gasteiger partial charge in [-0.2, -0.15) is 0 Å². The zero-order valence-electron chi connectivity index (χ0n) is 15.4. The molecule has 0 unspecified atom stereocenters. The highest BCUT2D eigenvalue weighted by Crippen LogP contribution is 2.20. The first kappa shape index (κ1) is 21.3. The number of sulfonamides is 1. The summed E-state index contributed by atoms with van der Waals surface area (Å²) in [7, 11) is -3.79. The topological polar surface area (TPSA) is 130 Å². The zero-order chi connectivity index (χ0) is 21.7. The summed E-state index contributed by atoms with van der Waals surface area (Å²) in [4.78, 5) is 23.5. The minimum atomic E-state index is -3.79. The van der Waals surface area contributed by atoms with Crippen LogP contribution in [0.5, 0.6) is 0 Å². The average molecular weight is 489 g/mol. The lowest BCUT2D eigenvalue weighted by atomic mass is 10.2. The summed E-state index contributed by atoms with van der Waals surface area (Å²) < 4.78 is 28.3. The van der Waals surface area contributed by atoms with Crippen LogP contribution in [-0.2, 0) is 10.0 Å². The van der Waals surface area contributed by atoms with E-state index in [9.17, 15) is 18.0 Å². The number of hydrogen-bond acceptors (Lipinski definition) is 4. The van der Waals surface area contributed by atoms with Gasteiger partial charge in [0.2, 0.25) is 0 Å². The molecule has 0 aliphatic rings. The number of rotatable bonds is 6. The fraction of sp³-hybridized carbons (Fsp3) is 0. The van der Waals surface area contributed by atoms with Crippen molar-refractivity contribution in [3.05, 3.63) is 82.8 Å². The van der Waals surface area contributed by atoms with E-state index < -0.39 is 22.0 Å². The van der Waals surface area contributed by atoms with Crippen LogP contribution >= 0.6 is 15.9 Å². The standard InChI is InChI=1S/C20H17BrN4O4S/c21-14-4-10-18(11-5-14)30(28,29)25-17-3-1-2-13(12-17)19(26)23-15-6-8-16(9-7-15)24-20(22)27/h1-12,25H,(H,23,26)(H3,22,24,27). The number of nitrogens with one attached hydrogen (secondary N) is 3. The van der Waals surface area contributed by atoms with Crippen LogP contribution in [0, 0.1) is 0 Å². The Bertz CT molecular complexity index is 1180. The molecule has 3 rings (SSSR count). The lowest BCUT2D eigenvalue weighted by molar-refractivity contribution is 0.102. The van der Waals surface area contributed by atoms with Crippen LogP contribution in [0.4, 0.5) is 21.9 Å². The summed E-state index contributed by atoms with van der Waals surface area (Å²) in [5, 5.41) is 5.12. The lowest BCUT2D eigenvalue weighted by Crippen LogP contribution is -2.19. The van der Waals surface area contributed by atoms with E-state index in [1.165, 1.54) is 18.2 Å². The molecule has 154 valence electrons. The second-order valence-corrected chi connectivity index (χ2v) is 8.76. The first-order chi connectivity index (χ1) is 14.2. The Morgan fingerprint density at radius 2 is 1.40 bits per heavy atom. The Morgan fingerprint density at radius 3 is 2.00 bits per heavy atom. The van der Waals surface area contributed by atoms with Crippen molar-refractivity contribution in [2.24, 2.45) is 5.73 Å². The molecule has 0 aliphatic carbocycles. The van der Waals surface area contributed by atoms with Crippen LogP contribution in [0.1, 0.15) is 10.4 Å². The van der Waals surface area contributed by atoms with E-state index in [0.29, 0.717) is 11.4 Å². The number of nitrogens with two attached hydrogens (primary N) is 1. The Morgan fingerprint density at radius 1 is 0.800 bits per heavy atom. The SMILES string of the molecule is NC(=O)Nc1ccc(NC(=O)c2cccc(NS(=O)(=O)c3ccc(Br)cc3)c2)cc1. The molecule has 0 spiro atoms. The molecule has 5 N–H and O–H groups in total. The fourth-order valence-electron chi connectivity index (χ4n) is 2.53. The summed E-state index contributed by atoms with van der Waals surface area (Å²) in [5.41, 5.74) is 6.56. The van der Waals surface area contributed by atoms with Crippen LogP contribution < -0.4 is 21.1 Å². The van der Waals surface area contributed by atoms with Crippen LogP contribution in [0.15, 0.2) is 82.2 Å². The number of amides is 3. The van der Waals surface area contributed by atoms with Gasteiger partial charge in [-0.25, -0.2) is 13.2 Å². The summed E-state index contributed by atoms with van der Waals surface area (Å²) >= 11 is 3.26. The third-order valence-electron chi connectivity index (χ3n) is 3.91. The van der Waals surface area contributed by atoms with Crippen molar-refractivity contribution < 1.29 is 18.0 Å². The van der Waals surface area contributed by atoms with E-state index >= 15 is 0 Å². The third-order valence-corrected chi connectivity index (χ3v) is 5.84. The fourth-order valence-corrected chi connectivity index (χ4v) is 3.85. The maximum Gasteiger partial charge on any atom is 0.316 e. The minimum Gasteiger partial charge on any atom is -0.351 e. The molecule has 0 heterocycles. The van der Waals surface area contributed by atoms with Gasteiger partial charge in [-0.05, 0) is 66.7 Å². The van der Waals surface area contributed by atoms with Gasteiger partial charge in [-0.3, -0.25) is 9.52 Å². The number of halogens is 1. The van der Waals surface area contributed by atoms with Crippen molar-refractivity contribution in [2.75, 3.05) is 15.4 Å². The van der Waals surface area contributed by atoms with Gasteiger partial charge in [-0.1, -0.05) is 22.0 Å². The predicted octanol–water partition coefficient (Wildman–Crippen LogP) is 3.99. The normalized spacial score (nSPS) is 10.8. The van der Waals surface area contributed by atoms with E-state index in [0.717, 1.165) is 4.47 Å². The van der Waals surface area contributed by atoms with Gasteiger partial charge in [0.25, 0.3) is 15.9 Å². The number of hydrogen-bond donors (Lipinski definition) is 4. The summed E-state index contributed by atoms with van der Waals surface area (Å²) in [5.74, 6) is -0.421. The molecule has 0 aliphatic heterocycles. The first-order valence-electron chi connectivity index (χ1n) is 8.59.